The number of nitrogens with zero attached hydrogens (tertiary/aromatic N) is 1. The lowest BCUT2D eigenvalue weighted by molar-refractivity contribution is -0.143. The van der Waals surface area contributed by atoms with E-state index in [9.17, 15) is 33.9 Å². The summed E-state index contributed by atoms with van der Waals surface area (Å²) in [5.74, 6) is -5.04. The van der Waals surface area contributed by atoms with Gasteiger partial charge in [-0.15, -0.1) is 0 Å². The van der Waals surface area contributed by atoms with Crippen LogP contribution in [0, 0.1) is 5.92 Å². The second kappa shape index (κ2) is 23.5. The van der Waals surface area contributed by atoms with Crippen LogP contribution in [0.1, 0.15) is 63.6 Å². The molecular weight excluding hydrogens is 809 g/mol. The molecule has 2 heterocycles. The molecule has 3 aromatic carbocycles. The van der Waals surface area contributed by atoms with Gasteiger partial charge in [0.2, 0.25) is 35.4 Å². The first-order chi connectivity index (χ1) is 30.0. The fraction of sp³-hybridized carbons (Fsp3) is 0.413. The molecule has 1 aliphatic rings. The molecule has 1 unspecified atom stereocenters. The van der Waals surface area contributed by atoms with E-state index in [0.717, 1.165) is 29.0 Å². The van der Waals surface area contributed by atoms with Crippen molar-refractivity contribution in [3.05, 3.63) is 102 Å². The van der Waals surface area contributed by atoms with Crippen molar-refractivity contribution in [2.45, 2.75) is 102 Å². The minimum absolute atomic E-state index is 0.0121. The molecular formula is C46H60N8O9. The highest BCUT2D eigenvalue weighted by Crippen LogP contribution is 2.20. The molecule has 1 saturated heterocycles. The van der Waals surface area contributed by atoms with Crippen molar-refractivity contribution in [2.75, 3.05) is 13.6 Å². The first kappa shape index (κ1) is 48.9. The topological polar surface area (TPSA) is 265 Å². The Hall–Kier alpha value is -6.75. The molecule has 17 nitrogen and oxygen atoms in total. The minimum atomic E-state index is -1.24. The van der Waals surface area contributed by atoms with Gasteiger partial charge in [-0.05, 0) is 73.5 Å². The molecule has 17 heteroatoms. The Kier molecular flexibility index (Phi) is 18.2. The maximum Gasteiger partial charge on any atom is 0.300 e. The number of carbonyl (C=O) groups excluding carboxylic acids is 6. The molecule has 0 saturated carbocycles. The smallest absolute Gasteiger partial charge is 0.300 e. The molecule has 0 spiro atoms. The fourth-order valence-electron chi connectivity index (χ4n) is 7.12. The number of carbonyl (C=O) groups is 7. The Morgan fingerprint density at radius 1 is 0.683 bits per heavy atom. The molecule has 0 bridgehead atoms. The fourth-order valence-corrected chi connectivity index (χ4v) is 7.12. The lowest BCUT2D eigenvalue weighted by Gasteiger charge is -2.32. The Morgan fingerprint density at radius 3 is 1.84 bits per heavy atom. The van der Waals surface area contributed by atoms with Crippen LogP contribution in [0.3, 0.4) is 0 Å². The quantitative estimate of drug-likeness (QED) is 0.0991. The van der Waals surface area contributed by atoms with E-state index < -0.39 is 83.6 Å². The van der Waals surface area contributed by atoms with Crippen LogP contribution in [0.4, 0.5) is 0 Å². The number of fused-ring (bicyclic) bond motifs is 1. The van der Waals surface area contributed by atoms with Gasteiger partial charge >= 0.3 is 0 Å². The minimum Gasteiger partial charge on any atom is -0.508 e. The summed E-state index contributed by atoms with van der Waals surface area (Å²) in [5.41, 5.74) is 8.68. The van der Waals surface area contributed by atoms with Gasteiger partial charge in [-0.3, -0.25) is 33.6 Å². The summed E-state index contributed by atoms with van der Waals surface area (Å²) in [6.45, 7) is 6.47. The maximum absolute atomic E-state index is 14.4. The van der Waals surface area contributed by atoms with Crippen LogP contribution in [0.25, 0.3) is 10.9 Å². The number of para-hydroxylation sites is 1. The molecule has 0 aliphatic carbocycles. The number of likely N-dealkylation sites (N-methyl/N-ethyl adjacent to an activating group) is 1. The predicted molar refractivity (Wildman–Crippen MR) is 237 cm³/mol. The van der Waals surface area contributed by atoms with Crippen LogP contribution in [-0.2, 0) is 52.8 Å². The van der Waals surface area contributed by atoms with Gasteiger partial charge in [0.05, 0.1) is 0 Å². The molecule has 4 aromatic rings. The highest BCUT2D eigenvalue weighted by molar-refractivity contribution is 5.98. The SMILES string of the molecule is CC(=O)O.CC(C)C1NC(=O)[C@H](CCCCN)NC(=O)[C@@H](Cc2c[nH]c3ccccc23)NC(=O)[C@H](Cc2ccc(O)cc2)NC(=O)[C@H](C)N(C)C(=O)[C@H](Cc2ccccc2)NC1=O. The van der Waals surface area contributed by atoms with Crippen LogP contribution in [0.15, 0.2) is 85.1 Å². The monoisotopic (exact) mass is 868 g/mol. The van der Waals surface area contributed by atoms with Gasteiger partial charge in [-0.1, -0.05) is 74.5 Å². The first-order valence-corrected chi connectivity index (χ1v) is 21.0. The molecule has 0 radical (unpaired) electrons. The van der Waals surface area contributed by atoms with Crippen LogP contribution >= 0.6 is 0 Å². The highest BCUT2D eigenvalue weighted by atomic mass is 16.4. The van der Waals surface area contributed by atoms with E-state index in [1.54, 1.807) is 32.2 Å². The molecule has 1 aliphatic heterocycles. The number of carboxylic acids is 1. The number of phenolic OH excluding ortho intramolecular Hbond substituents is 1. The summed E-state index contributed by atoms with van der Waals surface area (Å²) in [7, 11) is 1.44. The number of hydrogen-bond acceptors (Lipinski definition) is 9. The van der Waals surface area contributed by atoms with E-state index in [1.807, 2.05) is 54.6 Å². The van der Waals surface area contributed by atoms with E-state index in [2.05, 4.69) is 31.6 Å². The van der Waals surface area contributed by atoms with Crippen molar-refractivity contribution in [1.82, 2.24) is 36.5 Å². The van der Waals surface area contributed by atoms with Gasteiger partial charge < -0.3 is 52.4 Å². The number of phenols is 1. The van der Waals surface area contributed by atoms with Crippen LogP contribution < -0.4 is 32.3 Å². The van der Waals surface area contributed by atoms with Crippen molar-refractivity contribution in [3.63, 3.8) is 0 Å². The molecule has 6 amide bonds. The Labute approximate surface area is 366 Å². The number of amides is 6. The number of nitrogens with two attached hydrogens (primary N) is 1. The Bertz CT molecular complexity index is 2190. The normalized spacial score (nSPS) is 21.8. The number of aromatic nitrogens is 1. The van der Waals surface area contributed by atoms with E-state index in [-0.39, 0.29) is 31.4 Å². The summed E-state index contributed by atoms with van der Waals surface area (Å²) in [5, 5.41) is 32.4. The van der Waals surface area contributed by atoms with Gasteiger partial charge in [0.25, 0.3) is 5.97 Å². The van der Waals surface area contributed by atoms with Crippen molar-refractivity contribution < 1.29 is 43.8 Å². The molecule has 63 heavy (non-hydrogen) atoms. The summed E-state index contributed by atoms with van der Waals surface area (Å²) in [6, 6.07) is 15.8. The maximum atomic E-state index is 14.4. The van der Waals surface area contributed by atoms with E-state index in [4.69, 9.17) is 15.6 Å². The highest BCUT2D eigenvalue weighted by Gasteiger charge is 2.37. The zero-order valence-corrected chi connectivity index (χ0v) is 36.4. The third-order valence-corrected chi connectivity index (χ3v) is 10.8. The lowest BCUT2D eigenvalue weighted by atomic mass is 9.98. The van der Waals surface area contributed by atoms with Crippen LogP contribution in [0.2, 0.25) is 0 Å². The molecule has 10 N–H and O–H groups in total. The first-order valence-electron chi connectivity index (χ1n) is 21.0. The second-order valence-corrected chi connectivity index (χ2v) is 16.0. The van der Waals surface area contributed by atoms with Gasteiger partial charge in [0.15, 0.2) is 0 Å². The third-order valence-electron chi connectivity index (χ3n) is 10.8. The number of rotatable bonds is 11. The predicted octanol–water partition coefficient (Wildman–Crippen LogP) is 2.06. The second-order valence-electron chi connectivity index (χ2n) is 16.0. The van der Waals surface area contributed by atoms with Crippen molar-refractivity contribution >= 4 is 52.3 Å². The standard InChI is InChI=1S/C44H56N8O7.C2H4O2/c1-26(2)38-43(58)50-37(23-28-12-6-5-7-13-28)44(59)52(4)27(3)39(54)48-35(22-29-17-19-31(53)20-18-29)41(56)49-36(24-30-25-46-33-15-9-8-14-32(30)33)42(57)47-34(40(55)51-38)16-10-11-21-45;1-2(3)4/h5-9,12-15,17-20,25-27,34-38,46,53H,10-11,16,21-24,45H2,1-4H3,(H,47,57)(H,48,54)(H,49,56)(H,50,58)(H,51,55);1H3,(H,3,4)/t27-,34-,35-,36+,37-,38?;/m0./s1. The summed E-state index contributed by atoms with van der Waals surface area (Å²) in [6.07, 6.45) is 3.06. The average molecular weight is 869 g/mol. The van der Waals surface area contributed by atoms with Gasteiger partial charge in [-0.25, -0.2) is 0 Å². The number of nitrogens with one attached hydrogen (secondary N) is 6. The summed E-state index contributed by atoms with van der Waals surface area (Å²) < 4.78 is 0. The molecule has 6 atom stereocenters. The zero-order chi connectivity index (χ0) is 46.2. The lowest BCUT2D eigenvalue weighted by Crippen LogP contribution is -2.62. The Morgan fingerprint density at radius 2 is 1.21 bits per heavy atom. The van der Waals surface area contributed by atoms with E-state index in [0.29, 0.717) is 24.9 Å². The average Bonchev–Trinajstić information content (AvgIpc) is 3.66. The molecule has 338 valence electrons. The van der Waals surface area contributed by atoms with Crippen LogP contribution in [0.5, 0.6) is 5.75 Å². The summed E-state index contributed by atoms with van der Waals surface area (Å²) in [4.78, 5) is 98.8. The largest absolute Gasteiger partial charge is 0.508 e. The van der Waals surface area contributed by atoms with Crippen molar-refractivity contribution in [2.24, 2.45) is 11.7 Å². The number of aromatic hydroxyl groups is 1. The number of carboxylic acid groups (broad SMARTS) is 1. The van der Waals surface area contributed by atoms with E-state index in [1.165, 1.54) is 31.0 Å². The zero-order valence-electron chi connectivity index (χ0n) is 36.4. The van der Waals surface area contributed by atoms with E-state index >= 15 is 0 Å². The number of hydrogen-bond donors (Lipinski definition) is 9. The summed E-state index contributed by atoms with van der Waals surface area (Å²) >= 11 is 0. The third kappa shape index (κ3) is 14.4. The Balaban J connectivity index is 0.00000209. The number of H-pyrrole nitrogens is 1. The van der Waals surface area contributed by atoms with Gasteiger partial charge in [-0.2, -0.15) is 0 Å². The van der Waals surface area contributed by atoms with Crippen molar-refractivity contribution in [1.29, 1.82) is 0 Å². The molecule has 1 aromatic heterocycles. The molecule has 1 fully saturated rings. The number of unbranched alkanes of at least 4 members (excludes halogenated alkanes) is 1. The van der Waals surface area contributed by atoms with Crippen molar-refractivity contribution in [3.8, 4) is 5.75 Å². The van der Waals surface area contributed by atoms with Gasteiger partial charge in [0.1, 0.15) is 42.0 Å². The molecule has 5 rings (SSSR count). The number of aromatic amines is 1. The number of benzene rings is 3. The van der Waals surface area contributed by atoms with Crippen LogP contribution in [-0.4, -0.2) is 111 Å². The van der Waals surface area contributed by atoms with Gasteiger partial charge in [0, 0.05) is 50.3 Å². The number of aliphatic carboxylic acids is 1.